The van der Waals surface area contributed by atoms with E-state index in [1.165, 1.54) is 7.11 Å². The largest absolute Gasteiger partial charge is 0.453 e. The van der Waals surface area contributed by atoms with Crippen molar-refractivity contribution >= 4 is 33.4 Å². The number of ether oxygens (including phenoxy) is 1. The zero-order valence-corrected chi connectivity index (χ0v) is 8.59. The first kappa shape index (κ1) is 9.85. The molecule has 0 aliphatic rings. The Hall–Kier alpha value is -1.23. The van der Waals surface area contributed by atoms with E-state index in [4.69, 9.17) is 5.73 Å². The maximum absolute atomic E-state index is 10.8. The minimum Gasteiger partial charge on any atom is -0.453 e. The number of carbonyl (C=O) groups excluding carboxylic acids is 1. The van der Waals surface area contributed by atoms with Gasteiger partial charge in [0.15, 0.2) is 0 Å². The Kier molecular flexibility index (Phi) is 3.13. The van der Waals surface area contributed by atoms with Crippen LogP contribution in [0.1, 0.15) is 0 Å². The highest BCUT2D eigenvalue weighted by molar-refractivity contribution is 9.10. The Morgan fingerprint density at radius 3 is 2.85 bits per heavy atom. The predicted molar refractivity (Wildman–Crippen MR) is 54.6 cm³/mol. The number of hydrogen-bond donors (Lipinski definition) is 2. The van der Waals surface area contributed by atoms with E-state index >= 15 is 0 Å². The van der Waals surface area contributed by atoms with Gasteiger partial charge in [-0.05, 0) is 34.1 Å². The van der Waals surface area contributed by atoms with Crippen molar-refractivity contribution in [3.05, 3.63) is 22.7 Å². The number of hydrogen-bond acceptors (Lipinski definition) is 3. The summed E-state index contributed by atoms with van der Waals surface area (Å²) in [5.74, 6) is 0. The number of nitrogens with one attached hydrogen (secondary N) is 1. The van der Waals surface area contributed by atoms with Gasteiger partial charge in [-0.15, -0.1) is 0 Å². The van der Waals surface area contributed by atoms with Gasteiger partial charge >= 0.3 is 6.09 Å². The molecule has 1 aromatic carbocycles. The fourth-order valence-electron chi connectivity index (χ4n) is 0.774. The smallest absolute Gasteiger partial charge is 0.411 e. The van der Waals surface area contributed by atoms with E-state index < -0.39 is 6.09 Å². The second kappa shape index (κ2) is 4.13. The zero-order valence-electron chi connectivity index (χ0n) is 7.00. The Morgan fingerprint density at radius 2 is 2.31 bits per heavy atom. The van der Waals surface area contributed by atoms with Gasteiger partial charge in [-0.2, -0.15) is 0 Å². The van der Waals surface area contributed by atoms with E-state index in [2.05, 4.69) is 26.0 Å². The molecule has 3 N–H and O–H groups in total. The minimum atomic E-state index is -0.503. The average Bonchev–Trinajstić information content (AvgIpc) is 2.11. The van der Waals surface area contributed by atoms with Crippen molar-refractivity contribution < 1.29 is 9.53 Å². The van der Waals surface area contributed by atoms with Gasteiger partial charge in [-0.1, -0.05) is 0 Å². The summed E-state index contributed by atoms with van der Waals surface area (Å²) < 4.78 is 5.17. The lowest BCUT2D eigenvalue weighted by atomic mass is 10.3. The van der Waals surface area contributed by atoms with Gasteiger partial charge in [0, 0.05) is 15.8 Å². The number of carbonyl (C=O) groups is 1. The number of methoxy groups -OCH3 is 1. The molecule has 0 fully saturated rings. The molecule has 13 heavy (non-hydrogen) atoms. The second-order valence-corrected chi connectivity index (χ2v) is 3.21. The number of amides is 1. The molecule has 0 bridgehead atoms. The van der Waals surface area contributed by atoms with Crippen LogP contribution in [0.4, 0.5) is 16.2 Å². The lowest BCUT2D eigenvalue weighted by Gasteiger charge is -2.04. The third-order valence-electron chi connectivity index (χ3n) is 1.43. The lowest BCUT2D eigenvalue weighted by molar-refractivity contribution is 0.187. The van der Waals surface area contributed by atoms with Crippen molar-refractivity contribution in [2.45, 2.75) is 0 Å². The van der Waals surface area contributed by atoms with Gasteiger partial charge in [0.25, 0.3) is 0 Å². The number of nitrogen functional groups attached to an aromatic ring is 1. The first-order chi connectivity index (χ1) is 6.13. The number of benzene rings is 1. The van der Waals surface area contributed by atoms with Crippen LogP contribution >= 0.6 is 15.9 Å². The third-order valence-corrected chi connectivity index (χ3v) is 2.12. The van der Waals surface area contributed by atoms with Crippen LogP contribution in [-0.2, 0) is 4.74 Å². The molecule has 0 radical (unpaired) electrons. The summed E-state index contributed by atoms with van der Waals surface area (Å²) >= 11 is 3.24. The Morgan fingerprint density at radius 1 is 1.62 bits per heavy atom. The molecule has 4 nitrogen and oxygen atoms in total. The third kappa shape index (κ3) is 2.62. The molecule has 70 valence electrons. The van der Waals surface area contributed by atoms with E-state index in [0.29, 0.717) is 11.4 Å². The number of anilines is 2. The molecule has 0 aromatic heterocycles. The highest BCUT2D eigenvalue weighted by atomic mass is 79.9. The van der Waals surface area contributed by atoms with E-state index in [-0.39, 0.29) is 0 Å². The van der Waals surface area contributed by atoms with E-state index in [1.54, 1.807) is 18.2 Å². The summed E-state index contributed by atoms with van der Waals surface area (Å²) in [4.78, 5) is 10.8. The molecule has 0 atom stereocenters. The van der Waals surface area contributed by atoms with Gasteiger partial charge in [0.1, 0.15) is 0 Å². The number of halogens is 1. The van der Waals surface area contributed by atoms with E-state index in [0.717, 1.165) is 4.47 Å². The van der Waals surface area contributed by atoms with Crippen LogP contribution in [-0.4, -0.2) is 13.2 Å². The van der Waals surface area contributed by atoms with Crippen molar-refractivity contribution in [3.8, 4) is 0 Å². The molecule has 0 saturated heterocycles. The SMILES string of the molecule is COC(=O)Nc1ccc(N)c(Br)c1. The second-order valence-electron chi connectivity index (χ2n) is 2.35. The minimum absolute atomic E-state index is 0.503. The van der Waals surface area contributed by atoms with Crippen molar-refractivity contribution in [2.24, 2.45) is 0 Å². The molecule has 5 heteroatoms. The summed E-state index contributed by atoms with van der Waals surface area (Å²) in [5.41, 5.74) is 6.81. The zero-order chi connectivity index (χ0) is 9.84. The van der Waals surface area contributed by atoms with Gasteiger partial charge < -0.3 is 10.5 Å². The van der Waals surface area contributed by atoms with Gasteiger partial charge in [0.2, 0.25) is 0 Å². The van der Waals surface area contributed by atoms with Gasteiger partial charge in [-0.3, -0.25) is 5.32 Å². The molecule has 1 aromatic rings. The van der Waals surface area contributed by atoms with Crippen molar-refractivity contribution in [1.29, 1.82) is 0 Å². The summed E-state index contributed by atoms with van der Waals surface area (Å²) in [5, 5.41) is 2.51. The summed E-state index contributed by atoms with van der Waals surface area (Å²) in [7, 11) is 1.31. The van der Waals surface area contributed by atoms with Gasteiger partial charge in [0.05, 0.1) is 7.11 Å². The monoisotopic (exact) mass is 244 g/mol. The number of rotatable bonds is 1. The predicted octanol–water partition coefficient (Wildman–Crippen LogP) is 2.21. The van der Waals surface area contributed by atoms with E-state index in [9.17, 15) is 4.79 Å². The molecule has 0 unspecified atom stereocenters. The molecule has 0 heterocycles. The molecule has 1 rings (SSSR count). The number of nitrogens with two attached hydrogens (primary N) is 1. The van der Waals surface area contributed by atoms with Crippen LogP contribution in [0.5, 0.6) is 0 Å². The van der Waals surface area contributed by atoms with Crippen LogP contribution < -0.4 is 11.1 Å². The Balaban J connectivity index is 2.79. The normalized spacial score (nSPS) is 9.38. The average molecular weight is 245 g/mol. The molecular weight excluding hydrogens is 236 g/mol. The standard InChI is InChI=1S/C8H9BrN2O2/c1-13-8(12)11-5-2-3-7(10)6(9)4-5/h2-4H,10H2,1H3,(H,11,12). The Bertz CT molecular complexity index is 328. The highest BCUT2D eigenvalue weighted by Gasteiger charge is 2.01. The quantitative estimate of drug-likeness (QED) is 0.745. The molecule has 0 aliphatic heterocycles. The van der Waals surface area contributed by atoms with Crippen molar-refractivity contribution in [2.75, 3.05) is 18.2 Å². The molecule has 0 aliphatic carbocycles. The van der Waals surface area contributed by atoms with Crippen LogP contribution in [0.25, 0.3) is 0 Å². The van der Waals surface area contributed by atoms with Crippen LogP contribution in [0.15, 0.2) is 22.7 Å². The van der Waals surface area contributed by atoms with Crippen molar-refractivity contribution in [3.63, 3.8) is 0 Å². The van der Waals surface area contributed by atoms with Gasteiger partial charge in [-0.25, -0.2) is 4.79 Å². The first-order valence-corrected chi connectivity index (χ1v) is 4.33. The molecule has 1 amide bonds. The summed E-state index contributed by atoms with van der Waals surface area (Å²) in [6, 6.07) is 5.08. The van der Waals surface area contributed by atoms with Crippen LogP contribution in [0, 0.1) is 0 Å². The maximum Gasteiger partial charge on any atom is 0.411 e. The van der Waals surface area contributed by atoms with Crippen molar-refractivity contribution in [1.82, 2.24) is 0 Å². The topological polar surface area (TPSA) is 64.3 Å². The fraction of sp³-hybridized carbons (Fsp3) is 0.125. The first-order valence-electron chi connectivity index (χ1n) is 3.53. The van der Waals surface area contributed by atoms with E-state index in [1.807, 2.05) is 0 Å². The summed E-state index contributed by atoms with van der Waals surface area (Å²) in [6.07, 6.45) is -0.503. The van der Waals surface area contributed by atoms with Crippen LogP contribution in [0.3, 0.4) is 0 Å². The fourth-order valence-corrected chi connectivity index (χ4v) is 1.15. The Labute approximate surface area is 84.2 Å². The van der Waals surface area contributed by atoms with Crippen LogP contribution in [0.2, 0.25) is 0 Å². The summed E-state index contributed by atoms with van der Waals surface area (Å²) in [6.45, 7) is 0. The molecule has 0 spiro atoms. The lowest BCUT2D eigenvalue weighted by Crippen LogP contribution is -2.10. The highest BCUT2D eigenvalue weighted by Crippen LogP contribution is 2.23. The maximum atomic E-state index is 10.8. The molecular formula is C8H9BrN2O2. The molecule has 0 saturated carbocycles.